The van der Waals surface area contributed by atoms with Crippen LogP contribution in [-0.2, 0) is 12.0 Å². The first-order valence-electron chi connectivity index (χ1n) is 7.28. The highest BCUT2D eigenvalue weighted by molar-refractivity contribution is 7.09. The predicted molar refractivity (Wildman–Crippen MR) is 86.0 cm³/mol. The lowest BCUT2D eigenvalue weighted by molar-refractivity contribution is 0.324. The van der Waals surface area contributed by atoms with Gasteiger partial charge in [0.05, 0.1) is 5.54 Å². The van der Waals surface area contributed by atoms with E-state index in [1.54, 1.807) is 28.7 Å². The molecule has 0 unspecified atom stereocenters. The molecule has 0 saturated heterocycles. The van der Waals surface area contributed by atoms with E-state index in [0.29, 0.717) is 0 Å². The van der Waals surface area contributed by atoms with E-state index in [-0.39, 0.29) is 11.6 Å². The van der Waals surface area contributed by atoms with Crippen LogP contribution in [0.2, 0.25) is 0 Å². The van der Waals surface area contributed by atoms with Crippen molar-refractivity contribution in [3.63, 3.8) is 0 Å². The molecule has 3 aromatic rings. The van der Waals surface area contributed by atoms with Gasteiger partial charge in [0.2, 0.25) is 0 Å². The molecule has 0 fully saturated rings. The van der Waals surface area contributed by atoms with Gasteiger partial charge in [0.1, 0.15) is 18.7 Å². The van der Waals surface area contributed by atoms with E-state index in [0.717, 1.165) is 18.1 Å². The Kier molecular flexibility index (Phi) is 3.82. The quantitative estimate of drug-likeness (QED) is 0.742. The molecule has 0 amide bonds. The largest absolute Gasteiger partial charge is 0.243 e. The van der Waals surface area contributed by atoms with Crippen molar-refractivity contribution in [3.05, 3.63) is 46.7 Å². The van der Waals surface area contributed by atoms with E-state index < -0.39 is 0 Å². The third-order valence-electron chi connectivity index (χ3n) is 3.43. The summed E-state index contributed by atoms with van der Waals surface area (Å²) in [5.41, 5.74) is -0.134. The van der Waals surface area contributed by atoms with Gasteiger partial charge in [0.15, 0.2) is 11.6 Å². The highest BCUT2D eigenvalue weighted by Crippen LogP contribution is 2.23. The van der Waals surface area contributed by atoms with E-state index >= 15 is 0 Å². The molecule has 0 aliphatic rings. The number of nitrogens with zero attached hydrogens (tertiary/aromatic N) is 6. The van der Waals surface area contributed by atoms with Crippen LogP contribution >= 0.6 is 11.3 Å². The fraction of sp³-hybridized carbons (Fsp3) is 0.467. The maximum Gasteiger partial charge on any atom is 0.156 e. The van der Waals surface area contributed by atoms with Crippen molar-refractivity contribution in [3.8, 4) is 0 Å². The molecule has 6 nitrogen and oxygen atoms in total. The fourth-order valence-corrected chi connectivity index (χ4v) is 3.01. The molecule has 3 rings (SSSR count). The molecule has 3 aromatic heterocycles. The third-order valence-corrected chi connectivity index (χ3v) is 4.31. The van der Waals surface area contributed by atoms with E-state index in [4.69, 9.17) is 10.1 Å². The van der Waals surface area contributed by atoms with Gasteiger partial charge in [0, 0.05) is 11.3 Å². The summed E-state index contributed by atoms with van der Waals surface area (Å²) in [6, 6.07) is 4.16. The second-order valence-corrected chi connectivity index (χ2v) is 7.31. The molecule has 0 N–H and O–H groups in total. The van der Waals surface area contributed by atoms with E-state index in [2.05, 4.69) is 55.3 Å². The molecule has 0 spiro atoms. The zero-order valence-corrected chi connectivity index (χ0v) is 14.1. The molecule has 0 bridgehead atoms. The topological polar surface area (TPSA) is 61.4 Å². The van der Waals surface area contributed by atoms with Crippen molar-refractivity contribution in [1.82, 2.24) is 29.5 Å². The summed E-state index contributed by atoms with van der Waals surface area (Å²) in [6.45, 7) is 8.46. The molecule has 0 radical (unpaired) electrons. The van der Waals surface area contributed by atoms with Gasteiger partial charge in [-0.25, -0.2) is 19.3 Å². The van der Waals surface area contributed by atoms with Gasteiger partial charge < -0.3 is 0 Å². The molecular formula is C15H20N6S. The van der Waals surface area contributed by atoms with Crippen molar-refractivity contribution >= 4 is 11.3 Å². The van der Waals surface area contributed by atoms with Crippen LogP contribution in [0.3, 0.4) is 0 Å². The Hall–Kier alpha value is -2.02. The first-order valence-corrected chi connectivity index (χ1v) is 8.16. The monoisotopic (exact) mass is 316 g/mol. The average Bonchev–Trinajstić information content (AvgIpc) is 3.19. The van der Waals surface area contributed by atoms with E-state index in [9.17, 15) is 0 Å². The van der Waals surface area contributed by atoms with Crippen LogP contribution in [0, 0.1) is 0 Å². The zero-order chi connectivity index (χ0) is 15.7. The molecule has 1 atom stereocenters. The van der Waals surface area contributed by atoms with Crippen LogP contribution in [0.25, 0.3) is 0 Å². The normalized spacial score (nSPS) is 13.5. The summed E-state index contributed by atoms with van der Waals surface area (Å²) in [7, 11) is 0. The van der Waals surface area contributed by atoms with Crippen LogP contribution in [0.4, 0.5) is 0 Å². The van der Waals surface area contributed by atoms with Crippen LogP contribution in [0.1, 0.15) is 50.3 Å². The highest BCUT2D eigenvalue weighted by Gasteiger charge is 2.25. The number of hydrogen-bond acceptors (Lipinski definition) is 5. The van der Waals surface area contributed by atoms with Crippen molar-refractivity contribution in [2.24, 2.45) is 0 Å². The number of rotatable bonds is 4. The molecule has 116 valence electrons. The van der Waals surface area contributed by atoms with Gasteiger partial charge in [-0.05, 0) is 39.1 Å². The van der Waals surface area contributed by atoms with Crippen LogP contribution < -0.4 is 0 Å². The maximum atomic E-state index is 4.78. The Morgan fingerprint density at radius 3 is 2.73 bits per heavy atom. The molecule has 0 saturated carbocycles. The second kappa shape index (κ2) is 5.64. The Bertz CT molecular complexity index is 721. The van der Waals surface area contributed by atoms with Crippen molar-refractivity contribution in [2.45, 2.75) is 45.7 Å². The summed E-state index contributed by atoms with van der Waals surface area (Å²) in [6.07, 6.45) is 4.02. The minimum atomic E-state index is -0.134. The summed E-state index contributed by atoms with van der Waals surface area (Å²) < 4.78 is 3.81. The van der Waals surface area contributed by atoms with Crippen molar-refractivity contribution in [2.75, 3.05) is 0 Å². The smallest absolute Gasteiger partial charge is 0.156 e. The lowest BCUT2D eigenvalue weighted by atomic mass is 10.1. The Morgan fingerprint density at radius 1 is 1.32 bits per heavy atom. The van der Waals surface area contributed by atoms with Crippen LogP contribution in [0.5, 0.6) is 0 Å². The minimum absolute atomic E-state index is 0.00805. The first-order chi connectivity index (χ1) is 10.4. The third kappa shape index (κ3) is 2.94. The summed E-state index contributed by atoms with van der Waals surface area (Å²) >= 11 is 1.73. The number of thiophene rings is 1. The summed E-state index contributed by atoms with van der Waals surface area (Å²) in [5.74, 6) is 1.75. The second-order valence-electron chi connectivity index (χ2n) is 6.28. The molecular weight excluding hydrogens is 296 g/mol. The lowest BCUT2D eigenvalue weighted by Gasteiger charge is -2.23. The van der Waals surface area contributed by atoms with E-state index in [1.165, 1.54) is 4.88 Å². The van der Waals surface area contributed by atoms with Crippen LogP contribution in [-0.4, -0.2) is 29.5 Å². The Labute approximate surface area is 133 Å². The molecule has 22 heavy (non-hydrogen) atoms. The van der Waals surface area contributed by atoms with Gasteiger partial charge in [-0.2, -0.15) is 10.2 Å². The van der Waals surface area contributed by atoms with Gasteiger partial charge in [-0.15, -0.1) is 11.3 Å². The first kappa shape index (κ1) is 14.9. The lowest BCUT2D eigenvalue weighted by Crippen LogP contribution is -2.28. The standard InChI is InChI=1S/C15H20N6S/c1-11(20-10-16-9-17-20)14-18-13(8-12-6-5-7-22-12)19-21(14)15(2,3)4/h5-7,9-11H,8H2,1-4H3/t11-/m1/s1. The van der Waals surface area contributed by atoms with Gasteiger partial charge in [0.25, 0.3) is 0 Å². The number of aromatic nitrogens is 6. The molecule has 0 aromatic carbocycles. The minimum Gasteiger partial charge on any atom is -0.243 e. The summed E-state index contributed by atoms with van der Waals surface area (Å²) in [5, 5.41) is 11.0. The molecule has 3 heterocycles. The number of hydrogen-bond donors (Lipinski definition) is 0. The predicted octanol–water partition coefficient (Wildman–Crippen LogP) is 2.89. The zero-order valence-electron chi connectivity index (χ0n) is 13.3. The molecule has 0 aliphatic heterocycles. The highest BCUT2D eigenvalue weighted by atomic mass is 32.1. The fourth-order valence-electron chi connectivity index (χ4n) is 2.31. The SMILES string of the molecule is C[C@H](c1nc(Cc2cccs2)nn1C(C)(C)C)n1cncn1. The molecule has 0 aliphatic carbocycles. The van der Waals surface area contributed by atoms with Crippen molar-refractivity contribution in [1.29, 1.82) is 0 Å². The molecule has 7 heteroatoms. The Balaban J connectivity index is 1.98. The Morgan fingerprint density at radius 2 is 2.14 bits per heavy atom. The summed E-state index contributed by atoms with van der Waals surface area (Å²) in [4.78, 5) is 10.1. The van der Waals surface area contributed by atoms with Crippen LogP contribution in [0.15, 0.2) is 30.2 Å². The maximum absolute atomic E-state index is 4.78. The van der Waals surface area contributed by atoms with E-state index in [1.807, 2.05) is 4.68 Å². The van der Waals surface area contributed by atoms with Gasteiger partial charge >= 0.3 is 0 Å². The van der Waals surface area contributed by atoms with Gasteiger partial charge in [-0.1, -0.05) is 6.07 Å². The average molecular weight is 316 g/mol. The van der Waals surface area contributed by atoms with Crippen molar-refractivity contribution < 1.29 is 0 Å². The van der Waals surface area contributed by atoms with Gasteiger partial charge in [-0.3, -0.25) is 0 Å².